The van der Waals surface area contributed by atoms with Crippen molar-refractivity contribution in [1.29, 1.82) is 0 Å². The minimum absolute atomic E-state index is 0.00541. The molecule has 2 aromatic carbocycles. The van der Waals surface area contributed by atoms with Crippen molar-refractivity contribution >= 4 is 27.2 Å². The van der Waals surface area contributed by atoms with Gasteiger partial charge in [0, 0.05) is 45.7 Å². The van der Waals surface area contributed by atoms with Crippen molar-refractivity contribution in [2.45, 2.75) is 12.5 Å². The van der Waals surface area contributed by atoms with Crippen LogP contribution in [0.2, 0.25) is 0 Å². The van der Waals surface area contributed by atoms with E-state index in [9.17, 15) is 0 Å². The van der Waals surface area contributed by atoms with Crippen molar-refractivity contribution in [2.75, 3.05) is 11.9 Å². The van der Waals surface area contributed by atoms with Gasteiger partial charge >= 0.3 is 0 Å². The molecule has 158 valence electrons. The van der Waals surface area contributed by atoms with Crippen molar-refractivity contribution in [3.63, 3.8) is 0 Å². The number of nitrogens with zero attached hydrogens (tertiary/aromatic N) is 2. The number of nitrogens with one attached hydrogen (secondary N) is 1. The predicted molar refractivity (Wildman–Crippen MR) is 135 cm³/mol. The molecule has 32 heavy (non-hydrogen) atoms. The monoisotopic (exact) mass is 436 g/mol. The average molecular weight is 437 g/mol. The number of thiophene rings is 1. The summed E-state index contributed by atoms with van der Waals surface area (Å²) in [6.45, 7) is 0.653. The average Bonchev–Trinajstić information content (AvgIpc) is 3.28. The van der Waals surface area contributed by atoms with Crippen LogP contribution in [-0.2, 0) is 6.42 Å². The number of fused-ring (bicyclic) bond motifs is 1. The van der Waals surface area contributed by atoms with Crippen molar-refractivity contribution in [3.05, 3.63) is 103 Å². The lowest BCUT2D eigenvalue weighted by molar-refractivity contribution is 0.698. The summed E-state index contributed by atoms with van der Waals surface area (Å²) in [6, 6.07) is 29.3. The van der Waals surface area contributed by atoms with E-state index in [0.29, 0.717) is 6.54 Å². The number of aromatic nitrogens is 2. The van der Waals surface area contributed by atoms with E-state index in [0.717, 1.165) is 29.1 Å². The van der Waals surface area contributed by atoms with E-state index in [-0.39, 0.29) is 6.04 Å². The Morgan fingerprint density at radius 3 is 2.47 bits per heavy atom. The molecule has 1 atom stereocenters. The first-order valence-corrected chi connectivity index (χ1v) is 11.5. The van der Waals surface area contributed by atoms with E-state index in [1.807, 2.05) is 48.8 Å². The fraction of sp³-hybridized carbons (Fsp3) is 0.111. The highest BCUT2D eigenvalue weighted by atomic mass is 32.1. The lowest BCUT2D eigenvalue weighted by Gasteiger charge is -2.15. The first-order valence-electron chi connectivity index (χ1n) is 10.7. The molecule has 0 aliphatic heterocycles. The Bertz CT molecular complexity index is 1280. The van der Waals surface area contributed by atoms with E-state index in [1.165, 1.54) is 20.5 Å². The van der Waals surface area contributed by atoms with Crippen LogP contribution in [0.5, 0.6) is 0 Å². The van der Waals surface area contributed by atoms with Crippen molar-refractivity contribution in [1.82, 2.24) is 9.97 Å². The summed E-state index contributed by atoms with van der Waals surface area (Å²) in [4.78, 5) is 10.4. The Kier molecular flexibility index (Phi) is 5.92. The Hall–Kier alpha value is -3.54. The standard InChI is InChI=1S/C27H24N4S/c28-22(16-19-6-2-1-3-7-19)18-30-26-11-10-23(27(31-26)20-12-14-29-15-13-20)25-17-21-8-4-5-9-24(21)32-25/h1-15,17,22H,16,18,28H2,(H,30,31). The summed E-state index contributed by atoms with van der Waals surface area (Å²) in [5.41, 5.74) is 10.7. The maximum atomic E-state index is 6.37. The zero-order valence-corrected chi connectivity index (χ0v) is 18.4. The number of nitrogens with two attached hydrogens (primary N) is 1. The molecule has 5 heteroatoms. The Labute approximate surface area is 191 Å². The van der Waals surface area contributed by atoms with Crippen molar-refractivity contribution in [2.24, 2.45) is 5.73 Å². The van der Waals surface area contributed by atoms with Gasteiger partial charge in [0.2, 0.25) is 0 Å². The second kappa shape index (κ2) is 9.30. The molecule has 5 aromatic rings. The van der Waals surface area contributed by atoms with Gasteiger partial charge in [0.25, 0.3) is 0 Å². The third kappa shape index (κ3) is 4.54. The third-order valence-corrected chi connectivity index (χ3v) is 6.58. The number of benzene rings is 2. The Balaban J connectivity index is 1.42. The van der Waals surface area contributed by atoms with Crippen LogP contribution < -0.4 is 11.1 Å². The molecule has 0 radical (unpaired) electrons. The fourth-order valence-electron chi connectivity index (χ4n) is 3.83. The van der Waals surface area contributed by atoms with Gasteiger partial charge in [-0.25, -0.2) is 4.98 Å². The molecule has 0 saturated heterocycles. The van der Waals surface area contributed by atoms with Crippen LogP contribution in [0.4, 0.5) is 5.82 Å². The molecule has 3 aromatic heterocycles. The van der Waals surface area contributed by atoms with Crippen LogP contribution in [0.25, 0.3) is 31.8 Å². The van der Waals surface area contributed by atoms with E-state index in [1.54, 1.807) is 11.3 Å². The van der Waals surface area contributed by atoms with E-state index in [4.69, 9.17) is 10.7 Å². The van der Waals surface area contributed by atoms with Gasteiger partial charge in [-0.3, -0.25) is 4.98 Å². The number of pyridine rings is 2. The van der Waals surface area contributed by atoms with Gasteiger partial charge < -0.3 is 11.1 Å². The normalized spacial score (nSPS) is 12.0. The molecule has 1 unspecified atom stereocenters. The van der Waals surface area contributed by atoms with E-state index < -0.39 is 0 Å². The van der Waals surface area contributed by atoms with Gasteiger partial charge in [-0.05, 0) is 53.8 Å². The SMILES string of the molecule is NC(CNc1ccc(-c2cc3ccccc3s2)c(-c2ccncc2)n1)Cc1ccccc1. The lowest BCUT2D eigenvalue weighted by Crippen LogP contribution is -2.31. The largest absolute Gasteiger partial charge is 0.368 e. The maximum Gasteiger partial charge on any atom is 0.126 e. The Morgan fingerprint density at radius 2 is 1.66 bits per heavy atom. The van der Waals surface area contributed by atoms with Gasteiger partial charge in [0.1, 0.15) is 5.82 Å². The number of hydrogen-bond donors (Lipinski definition) is 2. The highest BCUT2D eigenvalue weighted by molar-refractivity contribution is 7.22. The summed E-state index contributed by atoms with van der Waals surface area (Å²) in [6.07, 6.45) is 4.44. The smallest absolute Gasteiger partial charge is 0.126 e. The maximum absolute atomic E-state index is 6.37. The highest BCUT2D eigenvalue weighted by Gasteiger charge is 2.14. The van der Waals surface area contributed by atoms with Crippen LogP contribution in [-0.4, -0.2) is 22.6 Å². The van der Waals surface area contributed by atoms with Crippen LogP contribution >= 0.6 is 11.3 Å². The molecule has 0 aliphatic carbocycles. The first kappa shape index (κ1) is 20.4. The molecular formula is C27H24N4S. The topological polar surface area (TPSA) is 63.8 Å². The van der Waals surface area contributed by atoms with Crippen molar-refractivity contribution in [3.8, 4) is 21.7 Å². The molecule has 0 spiro atoms. The van der Waals surface area contributed by atoms with Crippen molar-refractivity contribution < 1.29 is 0 Å². The molecule has 5 rings (SSSR count). The first-order chi connectivity index (χ1) is 15.8. The molecule has 0 bridgehead atoms. The quantitative estimate of drug-likeness (QED) is 0.328. The highest BCUT2D eigenvalue weighted by Crippen LogP contribution is 2.38. The van der Waals surface area contributed by atoms with Gasteiger partial charge in [-0.2, -0.15) is 0 Å². The zero-order valence-electron chi connectivity index (χ0n) is 17.6. The minimum Gasteiger partial charge on any atom is -0.368 e. The number of rotatable bonds is 7. The molecule has 0 fully saturated rings. The lowest BCUT2D eigenvalue weighted by atomic mass is 10.0. The molecule has 0 saturated carbocycles. The van der Waals surface area contributed by atoms with E-state index in [2.05, 4.69) is 58.8 Å². The fourth-order valence-corrected chi connectivity index (χ4v) is 4.91. The summed E-state index contributed by atoms with van der Waals surface area (Å²) in [7, 11) is 0. The van der Waals surface area contributed by atoms with E-state index >= 15 is 0 Å². The van der Waals surface area contributed by atoms with Gasteiger partial charge in [-0.15, -0.1) is 11.3 Å². The summed E-state index contributed by atoms with van der Waals surface area (Å²) in [5.74, 6) is 0.824. The van der Waals surface area contributed by atoms with Crippen LogP contribution in [0.3, 0.4) is 0 Å². The van der Waals surface area contributed by atoms with Crippen LogP contribution in [0.15, 0.2) is 97.3 Å². The van der Waals surface area contributed by atoms with Crippen LogP contribution in [0.1, 0.15) is 5.56 Å². The summed E-state index contributed by atoms with van der Waals surface area (Å²) in [5, 5.41) is 4.68. The zero-order chi connectivity index (χ0) is 21.8. The van der Waals surface area contributed by atoms with Gasteiger partial charge in [0.15, 0.2) is 0 Å². The predicted octanol–water partition coefficient (Wildman–Crippen LogP) is 6.01. The molecule has 3 heterocycles. The molecule has 4 nitrogen and oxygen atoms in total. The summed E-state index contributed by atoms with van der Waals surface area (Å²) >= 11 is 1.79. The number of hydrogen-bond acceptors (Lipinski definition) is 5. The number of anilines is 1. The van der Waals surface area contributed by atoms with Gasteiger partial charge in [0.05, 0.1) is 5.69 Å². The molecule has 0 aliphatic rings. The molecular weight excluding hydrogens is 412 g/mol. The Morgan fingerprint density at radius 1 is 0.875 bits per heavy atom. The molecule has 0 amide bonds. The molecule has 3 N–H and O–H groups in total. The van der Waals surface area contributed by atoms with Crippen LogP contribution in [0, 0.1) is 0 Å². The second-order valence-electron chi connectivity index (χ2n) is 7.81. The summed E-state index contributed by atoms with van der Waals surface area (Å²) < 4.78 is 1.28. The second-order valence-corrected chi connectivity index (χ2v) is 8.89. The third-order valence-electron chi connectivity index (χ3n) is 5.43. The van der Waals surface area contributed by atoms with Gasteiger partial charge in [-0.1, -0.05) is 48.5 Å². The minimum atomic E-state index is 0.00541.